The zero-order valence-corrected chi connectivity index (χ0v) is 17.1. The Morgan fingerprint density at radius 2 is 1.86 bits per heavy atom. The first-order chi connectivity index (χ1) is 13.8. The van der Waals surface area contributed by atoms with Crippen LogP contribution in [0.5, 0.6) is 0 Å². The van der Waals surface area contributed by atoms with Gasteiger partial charge in [-0.1, -0.05) is 35.9 Å². The molecule has 0 amide bonds. The first kappa shape index (κ1) is 18.9. The molecule has 0 radical (unpaired) electrons. The molecule has 0 saturated heterocycles. The van der Waals surface area contributed by atoms with E-state index < -0.39 is 0 Å². The van der Waals surface area contributed by atoms with Crippen molar-refractivity contribution in [3.63, 3.8) is 0 Å². The van der Waals surface area contributed by atoms with Gasteiger partial charge in [0.2, 0.25) is 5.95 Å². The highest BCUT2D eigenvalue weighted by atomic mass is 16.2. The molecule has 1 aliphatic rings. The molecule has 4 rings (SSSR count). The summed E-state index contributed by atoms with van der Waals surface area (Å²) in [6.07, 6.45) is 1.73. The van der Waals surface area contributed by atoms with Crippen molar-refractivity contribution >= 4 is 22.8 Å². The van der Waals surface area contributed by atoms with Crippen LogP contribution in [-0.2, 0) is 13.6 Å². The summed E-state index contributed by atoms with van der Waals surface area (Å²) >= 11 is 0. The zero-order valence-electron chi connectivity index (χ0n) is 17.1. The minimum atomic E-state index is -0.390. The number of hydrazone groups is 1. The maximum Gasteiger partial charge on any atom is 0.332 e. The Balaban J connectivity index is 1.98. The Morgan fingerprint density at radius 1 is 1.17 bits per heavy atom. The van der Waals surface area contributed by atoms with Gasteiger partial charge in [-0.15, -0.1) is 6.58 Å². The number of rotatable bonds is 4. The highest BCUT2D eigenvalue weighted by molar-refractivity contribution is 5.91. The molecule has 8 heteroatoms. The SMILES string of the molecule is C=CCN1N=C(C)[C@@H](C)n2c1nc1c2c(=O)n(Cc2ccc(C)cc2)c(=O)n1C. The maximum atomic E-state index is 13.4. The fourth-order valence-electron chi connectivity index (χ4n) is 3.64. The van der Waals surface area contributed by atoms with Crippen LogP contribution in [0.25, 0.3) is 11.2 Å². The lowest BCUT2D eigenvalue weighted by molar-refractivity contribution is 0.634. The number of anilines is 1. The van der Waals surface area contributed by atoms with E-state index in [0.29, 0.717) is 23.7 Å². The van der Waals surface area contributed by atoms with E-state index in [1.54, 1.807) is 18.1 Å². The predicted molar refractivity (Wildman–Crippen MR) is 115 cm³/mol. The highest BCUT2D eigenvalue weighted by Gasteiger charge is 2.30. The smallest absolute Gasteiger partial charge is 0.294 e. The summed E-state index contributed by atoms with van der Waals surface area (Å²) in [4.78, 5) is 31.0. The van der Waals surface area contributed by atoms with Crippen molar-refractivity contribution in [3.8, 4) is 0 Å². The van der Waals surface area contributed by atoms with Crippen molar-refractivity contribution in [3.05, 3.63) is 68.9 Å². The maximum absolute atomic E-state index is 13.4. The number of aryl methyl sites for hydroxylation is 2. The molecule has 0 spiro atoms. The second-order valence-corrected chi connectivity index (χ2v) is 7.46. The van der Waals surface area contributed by atoms with Gasteiger partial charge in [-0.05, 0) is 26.3 Å². The average molecular weight is 392 g/mol. The number of nitrogens with zero attached hydrogens (tertiary/aromatic N) is 6. The molecule has 8 nitrogen and oxygen atoms in total. The van der Waals surface area contributed by atoms with Gasteiger partial charge in [0.25, 0.3) is 5.56 Å². The van der Waals surface area contributed by atoms with Gasteiger partial charge in [-0.25, -0.2) is 9.80 Å². The minimum absolute atomic E-state index is 0.144. The van der Waals surface area contributed by atoms with E-state index in [2.05, 4.69) is 16.7 Å². The van der Waals surface area contributed by atoms with E-state index in [0.717, 1.165) is 16.8 Å². The van der Waals surface area contributed by atoms with Crippen LogP contribution in [0.3, 0.4) is 0 Å². The Morgan fingerprint density at radius 3 is 2.52 bits per heavy atom. The fraction of sp³-hybridized carbons (Fsp3) is 0.333. The number of hydrogen-bond donors (Lipinski definition) is 0. The largest absolute Gasteiger partial charge is 0.332 e. The Labute approximate surface area is 168 Å². The molecule has 150 valence electrons. The molecule has 1 atom stereocenters. The topological polar surface area (TPSA) is 77.4 Å². The van der Waals surface area contributed by atoms with Crippen molar-refractivity contribution in [2.45, 2.75) is 33.4 Å². The molecule has 0 fully saturated rings. The molecule has 0 aliphatic carbocycles. The van der Waals surface area contributed by atoms with Crippen LogP contribution in [0.15, 0.2) is 51.6 Å². The van der Waals surface area contributed by atoms with Crippen molar-refractivity contribution in [1.82, 2.24) is 18.7 Å². The van der Waals surface area contributed by atoms with Crippen LogP contribution < -0.4 is 16.3 Å². The molecule has 0 bridgehead atoms. The summed E-state index contributed by atoms with van der Waals surface area (Å²) in [5.41, 5.74) is 2.91. The molecule has 0 N–H and O–H groups in total. The first-order valence-corrected chi connectivity index (χ1v) is 9.54. The van der Waals surface area contributed by atoms with Gasteiger partial charge in [0.05, 0.1) is 24.8 Å². The molecule has 1 aromatic carbocycles. The summed E-state index contributed by atoms with van der Waals surface area (Å²) < 4.78 is 4.58. The molecule has 2 aromatic heterocycles. The molecule has 3 heterocycles. The van der Waals surface area contributed by atoms with Gasteiger partial charge in [-0.2, -0.15) is 10.1 Å². The van der Waals surface area contributed by atoms with Crippen molar-refractivity contribution in [1.29, 1.82) is 0 Å². The van der Waals surface area contributed by atoms with Gasteiger partial charge >= 0.3 is 5.69 Å². The third-order valence-electron chi connectivity index (χ3n) is 5.42. The van der Waals surface area contributed by atoms with Crippen LogP contribution in [0.1, 0.15) is 31.0 Å². The van der Waals surface area contributed by atoms with E-state index in [1.165, 1.54) is 9.13 Å². The van der Waals surface area contributed by atoms with Gasteiger partial charge < -0.3 is 0 Å². The number of aromatic nitrogens is 4. The average Bonchev–Trinajstić information content (AvgIpc) is 3.10. The van der Waals surface area contributed by atoms with E-state index in [1.807, 2.05) is 49.6 Å². The van der Waals surface area contributed by atoms with Crippen LogP contribution in [-0.4, -0.2) is 30.9 Å². The number of imidazole rings is 1. The van der Waals surface area contributed by atoms with E-state index in [4.69, 9.17) is 0 Å². The third-order valence-corrected chi connectivity index (χ3v) is 5.42. The van der Waals surface area contributed by atoms with Crippen LogP contribution in [0.2, 0.25) is 0 Å². The molecule has 3 aromatic rings. The lowest BCUT2D eigenvalue weighted by atomic mass is 10.1. The Hall–Kier alpha value is -3.42. The number of benzene rings is 1. The van der Waals surface area contributed by atoms with E-state index in [9.17, 15) is 9.59 Å². The van der Waals surface area contributed by atoms with E-state index in [-0.39, 0.29) is 23.8 Å². The molecule has 29 heavy (non-hydrogen) atoms. The summed E-state index contributed by atoms with van der Waals surface area (Å²) in [6.45, 7) is 10.3. The molecule has 0 unspecified atom stereocenters. The second-order valence-electron chi connectivity index (χ2n) is 7.46. The summed E-state index contributed by atoms with van der Waals surface area (Å²) in [5.74, 6) is 0.540. The van der Waals surface area contributed by atoms with Crippen LogP contribution in [0.4, 0.5) is 5.95 Å². The van der Waals surface area contributed by atoms with E-state index >= 15 is 0 Å². The lowest BCUT2D eigenvalue weighted by Gasteiger charge is -2.28. The number of hydrogen-bond acceptors (Lipinski definition) is 5. The van der Waals surface area contributed by atoms with Crippen LogP contribution >= 0.6 is 0 Å². The zero-order chi connectivity index (χ0) is 20.9. The van der Waals surface area contributed by atoms with Crippen LogP contribution in [0, 0.1) is 6.92 Å². The molecular formula is C21H24N6O2. The Kier molecular flexibility index (Phi) is 4.49. The van der Waals surface area contributed by atoms with Gasteiger partial charge in [0.1, 0.15) is 0 Å². The van der Waals surface area contributed by atoms with Crippen molar-refractivity contribution < 1.29 is 0 Å². The minimum Gasteiger partial charge on any atom is -0.294 e. The quantitative estimate of drug-likeness (QED) is 0.638. The fourth-order valence-corrected chi connectivity index (χ4v) is 3.64. The Bertz CT molecular complexity index is 1260. The summed E-state index contributed by atoms with van der Waals surface area (Å²) in [5, 5.41) is 6.27. The van der Waals surface area contributed by atoms with Gasteiger partial charge in [-0.3, -0.25) is 18.5 Å². The molecule has 1 aliphatic heterocycles. The normalized spacial score (nSPS) is 16.1. The first-order valence-electron chi connectivity index (χ1n) is 9.54. The predicted octanol–water partition coefficient (Wildman–Crippen LogP) is 2.20. The monoisotopic (exact) mass is 392 g/mol. The summed E-state index contributed by atoms with van der Waals surface area (Å²) in [7, 11) is 1.64. The van der Waals surface area contributed by atoms with Crippen molar-refractivity contribution in [2.24, 2.45) is 12.1 Å². The third kappa shape index (κ3) is 2.91. The van der Waals surface area contributed by atoms with Gasteiger partial charge in [0.15, 0.2) is 11.2 Å². The lowest BCUT2D eigenvalue weighted by Crippen LogP contribution is -2.40. The molecule has 0 saturated carbocycles. The highest BCUT2D eigenvalue weighted by Crippen LogP contribution is 2.29. The molecular weight excluding hydrogens is 368 g/mol. The van der Waals surface area contributed by atoms with Gasteiger partial charge in [0, 0.05) is 7.05 Å². The number of fused-ring (bicyclic) bond motifs is 3. The van der Waals surface area contributed by atoms with Crippen molar-refractivity contribution in [2.75, 3.05) is 11.6 Å². The summed E-state index contributed by atoms with van der Waals surface area (Å²) in [6, 6.07) is 7.66. The standard InChI is InChI=1S/C21H24N6O2/c1-6-11-26-20-22-18-17(27(20)15(4)14(3)23-26)19(28)25(21(29)24(18)5)12-16-9-7-13(2)8-10-16/h6-10,15H,1,11-12H2,2-5H3/t15-/m1/s1. The second kappa shape index (κ2) is 6.88.